The normalized spacial score (nSPS) is 12.2. The lowest BCUT2D eigenvalue weighted by Crippen LogP contribution is -2.23. The average molecular weight is 495 g/mol. The summed E-state index contributed by atoms with van der Waals surface area (Å²) < 4.78 is 50.4. The van der Waals surface area contributed by atoms with Crippen LogP contribution in [-0.2, 0) is 30.7 Å². The van der Waals surface area contributed by atoms with E-state index in [0.29, 0.717) is 16.1 Å². The predicted octanol–water partition coefficient (Wildman–Crippen LogP) is 3.10. The van der Waals surface area contributed by atoms with Gasteiger partial charge in [-0.3, -0.25) is 9.59 Å². The molecule has 11 heteroatoms. The molecule has 0 N–H and O–H groups in total. The van der Waals surface area contributed by atoms with Gasteiger partial charge in [0.1, 0.15) is 18.1 Å². The largest absolute Gasteiger partial charge is 0.497 e. The van der Waals surface area contributed by atoms with Crippen molar-refractivity contribution in [2.45, 2.75) is 31.2 Å². The molecule has 2 aromatic carbocycles. The molecule has 3 aromatic rings. The summed E-state index contributed by atoms with van der Waals surface area (Å²) in [5.74, 6) is -1.16. The maximum atomic E-state index is 13.0. The molecule has 0 spiro atoms. The van der Waals surface area contributed by atoms with Crippen molar-refractivity contribution in [2.24, 2.45) is 4.99 Å². The van der Waals surface area contributed by atoms with Crippen LogP contribution in [0.15, 0.2) is 52.4 Å². The maximum absolute atomic E-state index is 13.0. The van der Waals surface area contributed by atoms with E-state index in [0.717, 1.165) is 16.8 Å². The van der Waals surface area contributed by atoms with Crippen molar-refractivity contribution < 1.29 is 31.9 Å². The highest BCUT2D eigenvalue weighted by Crippen LogP contribution is 2.23. The van der Waals surface area contributed by atoms with Crippen LogP contribution >= 0.6 is 11.3 Å². The van der Waals surface area contributed by atoms with Gasteiger partial charge < -0.3 is 14.0 Å². The second kappa shape index (κ2) is 10.7. The third-order valence-electron chi connectivity index (χ3n) is 4.68. The summed E-state index contributed by atoms with van der Waals surface area (Å²) in [5.41, 5.74) is 0.694. The SMILES string of the molecule is CCOC(=O)Cn1c(=NC(=O)CCCS(=O)(=O)c2ccc(F)cc2)sc2cc(OC)ccc21. The Hall–Kier alpha value is -3.05. The molecule has 0 fully saturated rings. The number of ether oxygens (including phenoxy) is 2. The lowest BCUT2D eigenvalue weighted by Gasteiger charge is -2.06. The average Bonchev–Trinajstić information content (AvgIpc) is 3.09. The number of halogens is 1. The molecule has 0 radical (unpaired) electrons. The molecule has 0 bridgehead atoms. The summed E-state index contributed by atoms with van der Waals surface area (Å²) in [6.45, 7) is 1.81. The number of nitrogens with zero attached hydrogens (tertiary/aromatic N) is 2. The molecule has 1 amide bonds. The van der Waals surface area contributed by atoms with E-state index in [1.165, 1.54) is 30.6 Å². The Balaban J connectivity index is 1.79. The lowest BCUT2D eigenvalue weighted by atomic mass is 10.3. The molecule has 8 nitrogen and oxygen atoms in total. The first-order valence-electron chi connectivity index (χ1n) is 10.1. The van der Waals surface area contributed by atoms with Crippen LogP contribution in [0.1, 0.15) is 19.8 Å². The number of amides is 1. The molecule has 3 rings (SSSR count). The van der Waals surface area contributed by atoms with Gasteiger partial charge in [0.25, 0.3) is 0 Å². The van der Waals surface area contributed by atoms with Gasteiger partial charge in [0.2, 0.25) is 5.91 Å². The van der Waals surface area contributed by atoms with E-state index in [4.69, 9.17) is 9.47 Å². The van der Waals surface area contributed by atoms with E-state index in [1.807, 2.05) is 0 Å². The first kappa shape index (κ1) is 24.6. The van der Waals surface area contributed by atoms with Crippen LogP contribution in [0.2, 0.25) is 0 Å². The Morgan fingerprint density at radius 3 is 2.55 bits per heavy atom. The van der Waals surface area contributed by atoms with Crippen LogP contribution in [-0.4, -0.2) is 44.3 Å². The molecule has 0 saturated heterocycles. The van der Waals surface area contributed by atoms with Crippen molar-refractivity contribution in [1.82, 2.24) is 4.57 Å². The number of thiazole rings is 1. The molecular weight excluding hydrogens is 471 g/mol. The lowest BCUT2D eigenvalue weighted by molar-refractivity contribution is -0.143. The first-order chi connectivity index (χ1) is 15.7. The smallest absolute Gasteiger partial charge is 0.326 e. The third kappa shape index (κ3) is 6.26. The van der Waals surface area contributed by atoms with Crippen LogP contribution in [0.4, 0.5) is 4.39 Å². The minimum atomic E-state index is -3.64. The van der Waals surface area contributed by atoms with Crippen LogP contribution in [0.5, 0.6) is 5.75 Å². The number of hydrogen-bond acceptors (Lipinski definition) is 7. The molecular formula is C22H23FN2O6S2. The predicted molar refractivity (Wildman–Crippen MR) is 121 cm³/mol. The van der Waals surface area contributed by atoms with Gasteiger partial charge in [0, 0.05) is 6.42 Å². The molecule has 1 aromatic heterocycles. The Labute approximate surface area is 194 Å². The van der Waals surface area contributed by atoms with E-state index < -0.39 is 27.5 Å². The number of carbonyl (C=O) groups excluding carboxylic acids is 2. The summed E-state index contributed by atoms with van der Waals surface area (Å²) >= 11 is 1.21. The Bertz CT molecular complexity index is 1330. The fourth-order valence-electron chi connectivity index (χ4n) is 3.09. The first-order valence-corrected chi connectivity index (χ1v) is 12.6. The zero-order valence-corrected chi connectivity index (χ0v) is 19.7. The Morgan fingerprint density at radius 1 is 1.15 bits per heavy atom. The third-order valence-corrected chi connectivity index (χ3v) is 7.54. The van der Waals surface area contributed by atoms with Gasteiger partial charge in [-0.15, -0.1) is 0 Å². The van der Waals surface area contributed by atoms with Crippen LogP contribution in [0, 0.1) is 5.82 Å². The molecule has 33 heavy (non-hydrogen) atoms. The van der Waals surface area contributed by atoms with Gasteiger partial charge >= 0.3 is 5.97 Å². The number of sulfone groups is 1. The topological polar surface area (TPSA) is 104 Å². The second-order valence-electron chi connectivity index (χ2n) is 6.99. The van der Waals surface area contributed by atoms with E-state index in [-0.39, 0.29) is 36.6 Å². The van der Waals surface area contributed by atoms with Crippen molar-refractivity contribution in [3.05, 3.63) is 53.1 Å². The van der Waals surface area contributed by atoms with E-state index in [9.17, 15) is 22.4 Å². The molecule has 0 aliphatic rings. The van der Waals surface area contributed by atoms with E-state index in [1.54, 1.807) is 29.7 Å². The van der Waals surface area contributed by atoms with Crippen LogP contribution < -0.4 is 9.54 Å². The number of methoxy groups -OCH3 is 1. The van der Waals surface area contributed by atoms with E-state index in [2.05, 4.69) is 4.99 Å². The molecule has 0 saturated carbocycles. The minimum Gasteiger partial charge on any atom is -0.497 e. The summed E-state index contributed by atoms with van der Waals surface area (Å²) in [6.07, 6.45) is -0.0456. The summed E-state index contributed by atoms with van der Waals surface area (Å²) in [7, 11) is -2.10. The maximum Gasteiger partial charge on any atom is 0.326 e. The minimum absolute atomic E-state index is 0.000908. The second-order valence-corrected chi connectivity index (χ2v) is 10.1. The zero-order chi connectivity index (χ0) is 24.0. The number of esters is 1. The van der Waals surface area contributed by atoms with Crippen molar-refractivity contribution in [3.63, 3.8) is 0 Å². The number of carbonyl (C=O) groups is 2. The standard InChI is InChI=1S/C22H23FN2O6S2/c1-3-31-21(27)14-25-18-11-8-16(30-2)13-19(18)32-22(25)24-20(26)5-4-12-33(28,29)17-9-6-15(23)7-10-17/h6-11,13H,3-5,12,14H2,1-2H3. The molecule has 0 atom stereocenters. The summed E-state index contributed by atoms with van der Waals surface area (Å²) in [5, 5.41) is 0. The van der Waals surface area contributed by atoms with Gasteiger partial charge in [-0.2, -0.15) is 4.99 Å². The van der Waals surface area contributed by atoms with Crippen molar-refractivity contribution in [2.75, 3.05) is 19.5 Å². The van der Waals surface area contributed by atoms with Crippen LogP contribution in [0.3, 0.4) is 0 Å². The molecule has 1 heterocycles. The number of aromatic nitrogens is 1. The van der Waals surface area contributed by atoms with Gasteiger partial charge in [-0.05, 0) is 55.8 Å². The highest BCUT2D eigenvalue weighted by molar-refractivity contribution is 7.91. The fourth-order valence-corrected chi connectivity index (χ4v) is 5.48. The number of hydrogen-bond donors (Lipinski definition) is 0. The van der Waals surface area contributed by atoms with Crippen molar-refractivity contribution >= 4 is 43.3 Å². The number of rotatable bonds is 9. The molecule has 0 aliphatic heterocycles. The highest BCUT2D eigenvalue weighted by atomic mass is 32.2. The van der Waals surface area contributed by atoms with Crippen molar-refractivity contribution in [3.8, 4) is 5.75 Å². The van der Waals surface area contributed by atoms with Gasteiger partial charge in [0.15, 0.2) is 14.6 Å². The van der Waals surface area contributed by atoms with Gasteiger partial charge in [-0.25, -0.2) is 12.8 Å². The molecule has 0 unspecified atom stereocenters. The molecule has 0 aliphatic carbocycles. The Morgan fingerprint density at radius 2 is 1.88 bits per heavy atom. The quantitative estimate of drug-likeness (QED) is 0.335. The monoisotopic (exact) mass is 494 g/mol. The van der Waals surface area contributed by atoms with E-state index >= 15 is 0 Å². The van der Waals surface area contributed by atoms with Crippen LogP contribution in [0.25, 0.3) is 10.2 Å². The summed E-state index contributed by atoms with van der Waals surface area (Å²) in [4.78, 5) is 29.0. The summed E-state index contributed by atoms with van der Waals surface area (Å²) in [6, 6.07) is 9.82. The van der Waals surface area contributed by atoms with Crippen molar-refractivity contribution in [1.29, 1.82) is 0 Å². The van der Waals surface area contributed by atoms with Gasteiger partial charge in [0.05, 0.1) is 34.6 Å². The number of fused-ring (bicyclic) bond motifs is 1. The Kier molecular flexibility index (Phi) is 7.98. The highest BCUT2D eigenvalue weighted by Gasteiger charge is 2.16. The van der Waals surface area contributed by atoms with Gasteiger partial charge in [-0.1, -0.05) is 11.3 Å². The molecule has 176 valence electrons. The number of benzene rings is 2. The fraction of sp³-hybridized carbons (Fsp3) is 0.318. The zero-order valence-electron chi connectivity index (χ0n) is 18.1.